The third-order valence-electron chi connectivity index (χ3n) is 3.17. The van der Waals surface area contributed by atoms with Crippen LogP contribution in [-0.4, -0.2) is 16.5 Å². The van der Waals surface area contributed by atoms with Crippen molar-refractivity contribution in [2.75, 3.05) is 11.9 Å². The van der Waals surface area contributed by atoms with Gasteiger partial charge in [0, 0.05) is 23.6 Å². The fourth-order valence-electron chi connectivity index (χ4n) is 1.94. The molecule has 2 rings (SSSR count). The van der Waals surface area contributed by atoms with E-state index in [1.807, 2.05) is 30.3 Å². The predicted molar refractivity (Wildman–Crippen MR) is 90.0 cm³/mol. The summed E-state index contributed by atoms with van der Waals surface area (Å²) in [5, 5.41) is 4.01. The molecule has 0 aliphatic carbocycles. The van der Waals surface area contributed by atoms with Gasteiger partial charge in [-0.2, -0.15) is 0 Å². The predicted octanol–water partition coefficient (Wildman–Crippen LogP) is 4.92. The number of hydrogen-bond donors (Lipinski definition) is 1. The molecule has 1 aromatic heterocycles. The molecule has 1 heterocycles. The first kappa shape index (κ1) is 15.8. The lowest BCUT2D eigenvalue weighted by molar-refractivity contribution is 0.568. The zero-order valence-corrected chi connectivity index (χ0v) is 13.8. The highest BCUT2D eigenvalue weighted by molar-refractivity contribution is 6.33. The first-order valence-electron chi connectivity index (χ1n) is 7.30. The van der Waals surface area contributed by atoms with Gasteiger partial charge in [0.25, 0.3) is 0 Å². The van der Waals surface area contributed by atoms with Crippen molar-refractivity contribution in [3.05, 3.63) is 41.0 Å². The van der Waals surface area contributed by atoms with E-state index >= 15 is 0 Å². The average molecular weight is 304 g/mol. The zero-order chi connectivity index (χ0) is 15.5. The molecule has 1 N–H and O–H groups in total. The molecule has 3 nitrogen and oxygen atoms in total. The molecule has 21 heavy (non-hydrogen) atoms. The highest BCUT2D eigenvalue weighted by Crippen LogP contribution is 2.29. The van der Waals surface area contributed by atoms with Crippen LogP contribution in [0.15, 0.2) is 30.3 Å². The maximum Gasteiger partial charge on any atom is 0.163 e. The number of nitrogens with zero attached hydrogens (tertiary/aromatic N) is 2. The van der Waals surface area contributed by atoms with E-state index in [2.05, 4.69) is 38.0 Å². The molecule has 0 amide bonds. The normalized spacial score (nSPS) is 11.5. The van der Waals surface area contributed by atoms with Crippen molar-refractivity contribution in [3.8, 4) is 11.4 Å². The van der Waals surface area contributed by atoms with Crippen molar-refractivity contribution < 1.29 is 0 Å². The molecule has 0 bridgehead atoms. The van der Waals surface area contributed by atoms with Crippen molar-refractivity contribution >= 4 is 17.4 Å². The molecule has 112 valence electrons. The topological polar surface area (TPSA) is 37.8 Å². The van der Waals surface area contributed by atoms with Gasteiger partial charge in [0.05, 0.1) is 10.7 Å². The Hall–Kier alpha value is -1.61. The maximum atomic E-state index is 6.28. The van der Waals surface area contributed by atoms with Gasteiger partial charge in [-0.05, 0) is 18.6 Å². The summed E-state index contributed by atoms with van der Waals surface area (Å²) in [5.41, 5.74) is 1.83. The quantitative estimate of drug-likeness (QED) is 0.871. The number of hydrogen-bond acceptors (Lipinski definition) is 3. The third kappa shape index (κ3) is 3.94. The van der Waals surface area contributed by atoms with Gasteiger partial charge in [-0.1, -0.05) is 51.4 Å². The van der Waals surface area contributed by atoms with Gasteiger partial charge < -0.3 is 5.32 Å². The second-order valence-corrected chi connectivity index (χ2v) is 6.53. The largest absolute Gasteiger partial charge is 0.370 e. The highest BCUT2D eigenvalue weighted by Gasteiger charge is 2.19. The van der Waals surface area contributed by atoms with Gasteiger partial charge in [-0.25, -0.2) is 9.97 Å². The molecule has 1 aromatic carbocycles. The van der Waals surface area contributed by atoms with Crippen LogP contribution in [0.25, 0.3) is 11.4 Å². The first-order valence-corrected chi connectivity index (χ1v) is 7.68. The van der Waals surface area contributed by atoms with Crippen LogP contribution in [0.3, 0.4) is 0 Å². The zero-order valence-electron chi connectivity index (χ0n) is 13.1. The number of benzene rings is 1. The summed E-state index contributed by atoms with van der Waals surface area (Å²) >= 11 is 6.28. The molecule has 2 aromatic rings. The van der Waals surface area contributed by atoms with Gasteiger partial charge in [0.2, 0.25) is 0 Å². The smallest absolute Gasteiger partial charge is 0.163 e. The number of rotatable bonds is 4. The van der Waals surface area contributed by atoms with Crippen LogP contribution in [0.4, 0.5) is 5.82 Å². The molecule has 0 radical (unpaired) electrons. The second kappa shape index (κ2) is 6.44. The van der Waals surface area contributed by atoms with Crippen LogP contribution in [0.2, 0.25) is 5.02 Å². The van der Waals surface area contributed by atoms with Crippen LogP contribution < -0.4 is 5.32 Å². The second-order valence-electron chi connectivity index (χ2n) is 6.12. The monoisotopic (exact) mass is 303 g/mol. The maximum absolute atomic E-state index is 6.28. The summed E-state index contributed by atoms with van der Waals surface area (Å²) in [6.45, 7) is 9.47. The van der Waals surface area contributed by atoms with Crippen molar-refractivity contribution in [2.24, 2.45) is 0 Å². The fraction of sp³-hybridized carbons (Fsp3) is 0.412. The van der Waals surface area contributed by atoms with Crippen LogP contribution in [0, 0.1) is 0 Å². The van der Waals surface area contributed by atoms with Crippen LogP contribution in [0.1, 0.15) is 39.8 Å². The van der Waals surface area contributed by atoms with Crippen molar-refractivity contribution in [3.63, 3.8) is 0 Å². The Morgan fingerprint density at radius 1 is 1.14 bits per heavy atom. The Morgan fingerprint density at radius 2 is 1.86 bits per heavy atom. The van der Waals surface area contributed by atoms with Gasteiger partial charge >= 0.3 is 0 Å². The number of halogens is 1. The van der Waals surface area contributed by atoms with Crippen molar-refractivity contribution in [1.29, 1.82) is 0 Å². The summed E-state index contributed by atoms with van der Waals surface area (Å²) in [6, 6.07) is 9.70. The molecule has 0 saturated heterocycles. The van der Waals surface area contributed by atoms with E-state index < -0.39 is 0 Å². The highest BCUT2D eigenvalue weighted by atomic mass is 35.5. The molecule has 0 spiro atoms. The van der Waals surface area contributed by atoms with Crippen molar-refractivity contribution in [2.45, 2.75) is 39.5 Å². The number of aromatic nitrogens is 2. The molecule has 0 saturated carbocycles. The van der Waals surface area contributed by atoms with Gasteiger partial charge in [0.15, 0.2) is 5.82 Å². The number of nitrogens with one attached hydrogen (secondary N) is 1. The lowest BCUT2D eigenvalue weighted by Crippen LogP contribution is -2.16. The summed E-state index contributed by atoms with van der Waals surface area (Å²) in [6.07, 6.45) is 1.05. The molecular formula is C17H22ClN3. The molecule has 4 heteroatoms. The molecule has 0 unspecified atom stereocenters. The molecule has 0 atom stereocenters. The van der Waals surface area contributed by atoms with Gasteiger partial charge in [0.1, 0.15) is 5.82 Å². The minimum absolute atomic E-state index is 0.0401. The molecular weight excluding hydrogens is 282 g/mol. The van der Waals surface area contributed by atoms with E-state index in [0.717, 1.165) is 30.0 Å². The van der Waals surface area contributed by atoms with E-state index in [4.69, 9.17) is 16.6 Å². The summed E-state index contributed by atoms with van der Waals surface area (Å²) in [5.74, 6) is 1.53. The average Bonchev–Trinajstić information content (AvgIpc) is 2.44. The fourth-order valence-corrected chi connectivity index (χ4v) is 2.16. The van der Waals surface area contributed by atoms with Gasteiger partial charge in [-0.3, -0.25) is 0 Å². The standard InChI is InChI=1S/C17H22ClN3/c1-5-10-19-15-11-14(17(2,3)4)20-16(21-15)12-8-6-7-9-13(12)18/h6-9,11H,5,10H2,1-4H3,(H,19,20,21). The Labute approximate surface area is 131 Å². The minimum atomic E-state index is -0.0401. The Kier molecular flexibility index (Phi) is 4.84. The van der Waals surface area contributed by atoms with Gasteiger partial charge in [-0.15, -0.1) is 0 Å². The van der Waals surface area contributed by atoms with Crippen molar-refractivity contribution in [1.82, 2.24) is 9.97 Å². The molecule has 0 aliphatic heterocycles. The Morgan fingerprint density at radius 3 is 2.48 bits per heavy atom. The minimum Gasteiger partial charge on any atom is -0.370 e. The van der Waals surface area contributed by atoms with E-state index in [-0.39, 0.29) is 5.41 Å². The summed E-state index contributed by atoms with van der Waals surface area (Å²) in [7, 11) is 0. The van der Waals surface area contributed by atoms with Crippen LogP contribution >= 0.6 is 11.6 Å². The lowest BCUT2D eigenvalue weighted by atomic mass is 9.91. The van der Waals surface area contributed by atoms with Crippen LogP contribution in [-0.2, 0) is 5.41 Å². The lowest BCUT2D eigenvalue weighted by Gasteiger charge is -2.20. The summed E-state index contributed by atoms with van der Waals surface area (Å²) in [4.78, 5) is 9.32. The van der Waals surface area contributed by atoms with E-state index in [1.54, 1.807) is 0 Å². The Balaban J connectivity index is 2.52. The van der Waals surface area contributed by atoms with E-state index in [0.29, 0.717) is 10.8 Å². The Bertz CT molecular complexity index is 618. The first-order chi connectivity index (χ1) is 9.91. The molecule has 0 aliphatic rings. The van der Waals surface area contributed by atoms with E-state index in [9.17, 15) is 0 Å². The third-order valence-corrected chi connectivity index (χ3v) is 3.50. The summed E-state index contributed by atoms with van der Waals surface area (Å²) < 4.78 is 0. The molecule has 0 fully saturated rings. The SMILES string of the molecule is CCCNc1cc(C(C)(C)C)nc(-c2ccccc2Cl)n1. The van der Waals surface area contributed by atoms with E-state index in [1.165, 1.54) is 0 Å². The van der Waals surface area contributed by atoms with Crippen LogP contribution in [0.5, 0.6) is 0 Å². The number of anilines is 1.